The minimum absolute atomic E-state index is 0.0185. The Balaban J connectivity index is 2.81. The van der Waals surface area contributed by atoms with Crippen molar-refractivity contribution in [1.82, 2.24) is 5.16 Å². The molecule has 0 radical (unpaired) electrons. The van der Waals surface area contributed by atoms with Crippen molar-refractivity contribution in [3.8, 4) is 0 Å². The van der Waals surface area contributed by atoms with E-state index in [2.05, 4.69) is 14.8 Å². The highest BCUT2D eigenvalue weighted by Crippen LogP contribution is 2.08. The Morgan fingerprint density at radius 1 is 1.73 bits per heavy atom. The van der Waals surface area contributed by atoms with Gasteiger partial charge in [-0.25, -0.2) is 9.86 Å². The number of aromatic nitrogens is 1. The van der Waals surface area contributed by atoms with E-state index in [1.807, 2.05) is 4.72 Å². The fraction of sp³-hybridized carbons (Fsp3) is 0.250. The lowest BCUT2D eigenvalue weighted by atomic mass is 10.5. The molecule has 1 heterocycles. The van der Waals surface area contributed by atoms with Gasteiger partial charge in [-0.2, -0.15) is 8.42 Å². The molecule has 0 aliphatic carbocycles. The molecule has 0 spiro atoms. The lowest BCUT2D eigenvalue weighted by Gasteiger charge is -1.94. The predicted molar refractivity (Wildman–Crippen MR) is 38.0 cm³/mol. The van der Waals surface area contributed by atoms with Crippen LogP contribution in [0.2, 0.25) is 0 Å². The summed E-state index contributed by atoms with van der Waals surface area (Å²) in [7, 11) is -3.75. The van der Waals surface area contributed by atoms with Crippen molar-refractivity contribution in [2.24, 2.45) is 5.14 Å². The molecular formula is C4H7N3O3S. The van der Waals surface area contributed by atoms with Crippen LogP contribution in [0.4, 0.5) is 5.88 Å². The molecule has 1 rings (SSSR count). The molecule has 0 fully saturated rings. The van der Waals surface area contributed by atoms with E-state index in [4.69, 9.17) is 0 Å². The first-order chi connectivity index (χ1) is 4.97. The van der Waals surface area contributed by atoms with Crippen molar-refractivity contribution in [2.75, 3.05) is 4.72 Å². The minimum atomic E-state index is -3.75. The van der Waals surface area contributed by atoms with Gasteiger partial charge in [0.1, 0.15) is 0 Å². The second-order valence-electron chi connectivity index (χ2n) is 1.98. The molecule has 1 aromatic heterocycles. The third kappa shape index (κ3) is 2.56. The zero-order valence-electron chi connectivity index (χ0n) is 5.73. The van der Waals surface area contributed by atoms with Crippen molar-refractivity contribution in [3.05, 3.63) is 11.8 Å². The molecule has 0 atom stereocenters. The van der Waals surface area contributed by atoms with Crippen molar-refractivity contribution >= 4 is 16.1 Å². The van der Waals surface area contributed by atoms with Gasteiger partial charge < -0.3 is 4.52 Å². The fourth-order valence-electron chi connectivity index (χ4n) is 0.552. The van der Waals surface area contributed by atoms with Gasteiger partial charge in [0, 0.05) is 6.07 Å². The van der Waals surface area contributed by atoms with E-state index < -0.39 is 10.2 Å². The molecule has 0 aliphatic rings. The molecule has 11 heavy (non-hydrogen) atoms. The Morgan fingerprint density at radius 3 is 2.73 bits per heavy atom. The van der Waals surface area contributed by atoms with E-state index >= 15 is 0 Å². The van der Waals surface area contributed by atoms with Crippen LogP contribution >= 0.6 is 0 Å². The number of nitrogens with one attached hydrogen (secondary N) is 1. The smallest absolute Gasteiger partial charge is 0.298 e. The van der Waals surface area contributed by atoms with Crippen LogP contribution in [0.25, 0.3) is 0 Å². The summed E-state index contributed by atoms with van der Waals surface area (Å²) in [6.45, 7) is 1.66. The van der Waals surface area contributed by atoms with Crippen LogP contribution in [-0.4, -0.2) is 13.6 Å². The standard InChI is InChI=1S/C4H7N3O3S/c1-3-2-4(10-6-3)7-11(5,8)9/h2,7H,1H3,(H2,5,8,9). The van der Waals surface area contributed by atoms with Gasteiger partial charge in [-0.15, -0.1) is 0 Å². The van der Waals surface area contributed by atoms with Crippen LogP contribution in [0.1, 0.15) is 5.69 Å². The van der Waals surface area contributed by atoms with Gasteiger partial charge in [-0.3, -0.25) is 0 Å². The van der Waals surface area contributed by atoms with Crippen molar-refractivity contribution in [2.45, 2.75) is 6.92 Å². The fourth-order valence-corrected chi connectivity index (χ4v) is 0.929. The van der Waals surface area contributed by atoms with Gasteiger partial charge in [0.2, 0.25) is 5.88 Å². The number of nitrogens with two attached hydrogens (primary N) is 1. The van der Waals surface area contributed by atoms with E-state index in [0.717, 1.165) is 0 Å². The summed E-state index contributed by atoms with van der Waals surface area (Å²) in [5.41, 5.74) is 0.580. The molecule has 7 heteroatoms. The Hall–Kier alpha value is -1.08. The Kier molecular flexibility index (Phi) is 1.83. The lowest BCUT2D eigenvalue weighted by molar-refractivity contribution is 0.430. The number of nitrogens with zero attached hydrogens (tertiary/aromatic N) is 1. The molecule has 0 unspecified atom stereocenters. The molecule has 0 aliphatic heterocycles. The first kappa shape index (κ1) is 8.02. The first-order valence-corrected chi connectivity index (χ1v) is 4.26. The Bertz CT molecular complexity index is 341. The van der Waals surface area contributed by atoms with Crippen LogP contribution < -0.4 is 9.86 Å². The molecule has 3 N–H and O–H groups in total. The molecule has 6 nitrogen and oxygen atoms in total. The minimum Gasteiger partial charge on any atom is -0.338 e. The number of anilines is 1. The summed E-state index contributed by atoms with van der Waals surface area (Å²) < 4.78 is 27.2. The Morgan fingerprint density at radius 2 is 2.36 bits per heavy atom. The molecule has 62 valence electrons. The zero-order valence-corrected chi connectivity index (χ0v) is 6.55. The number of aryl methyl sites for hydroxylation is 1. The van der Waals surface area contributed by atoms with Crippen molar-refractivity contribution in [1.29, 1.82) is 0 Å². The lowest BCUT2D eigenvalue weighted by Crippen LogP contribution is -2.21. The van der Waals surface area contributed by atoms with Crippen LogP contribution in [0, 0.1) is 6.92 Å². The second kappa shape index (κ2) is 2.51. The van der Waals surface area contributed by atoms with Crippen molar-refractivity contribution < 1.29 is 12.9 Å². The molecule has 0 saturated heterocycles. The number of hydrogen-bond acceptors (Lipinski definition) is 4. The van der Waals surface area contributed by atoms with Crippen LogP contribution in [0.3, 0.4) is 0 Å². The third-order valence-electron chi connectivity index (χ3n) is 0.871. The SMILES string of the molecule is Cc1cc(NS(N)(=O)=O)on1. The Labute approximate surface area is 63.5 Å². The average molecular weight is 177 g/mol. The predicted octanol–water partition coefficient (Wildman–Crippen LogP) is -0.402. The summed E-state index contributed by atoms with van der Waals surface area (Å²) in [6, 6.07) is 1.42. The maximum atomic E-state index is 10.4. The van der Waals surface area contributed by atoms with E-state index in [9.17, 15) is 8.42 Å². The topological polar surface area (TPSA) is 98.2 Å². The van der Waals surface area contributed by atoms with Crippen LogP contribution in [0.15, 0.2) is 10.6 Å². The van der Waals surface area contributed by atoms with Crippen LogP contribution in [0.5, 0.6) is 0 Å². The van der Waals surface area contributed by atoms with Crippen LogP contribution in [-0.2, 0) is 10.2 Å². The number of rotatable bonds is 2. The summed E-state index contributed by atoms with van der Waals surface area (Å²) >= 11 is 0. The maximum absolute atomic E-state index is 10.4. The monoisotopic (exact) mass is 177 g/mol. The van der Waals surface area contributed by atoms with Gasteiger partial charge in [-0.1, -0.05) is 5.16 Å². The number of hydrogen-bond donors (Lipinski definition) is 2. The van der Waals surface area contributed by atoms with Gasteiger partial charge >= 0.3 is 0 Å². The second-order valence-corrected chi connectivity index (χ2v) is 3.27. The molecule has 0 amide bonds. The van der Waals surface area contributed by atoms with E-state index in [1.54, 1.807) is 6.92 Å². The largest absolute Gasteiger partial charge is 0.338 e. The summed E-state index contributed by atoms with van der Waals surface area (Å²) in [4.78, 5) is 0. The van der Waals surface area contributed by atoms with Gasteiger partial charge in [0.05, 0.1) is 5.69 Å². The average Bonchev–Trinajstić information content (AvgIpc) is 2.10. The van der Waals surface area contributed by atoms with E-state index in [-0.39, 0.29) is 5.88 Å². The molecule has 1 aromatic rings. The highest BCUT2D eigenvalue weighted by molar-refractivity contribution is 7.90. The summed E-state index contributed by atoms with van der Waals surface area (Å²) in [6.07, 6.45) is 0. The van der Waals surface area contributed by atoms with Gasteiger partial charge in [0.15, 0.2) is 0 Å². The summed E-state index contributed by atoms with van der Waals surface area (Å²) in [5.74, 6) is 0.0185. The molecule has 0 saturated carbocycles. The highest BCUT2D eigenvalue weighted by atomic mass is 32.2. The highest BCUT2D eigenvalue weighted by Gasteiger charge is 2.05. The maximum Gasteiger partial charge on any atom is 0.298 e. The normalized spacial score (nSPS) is 11.5. The van der Waals surface area contributed by atoms with Crippen molar-refractivity contribution in [3.63, 3.8) is 0 Å². The zero-order chi connectivity index (χ0) is 8.48. The molecule has 0 bridgehead atoms. The molecule has 0 aromatic carbocycles. The molecular weight excluding hydrogens is 170 g/mol. The first-order valence-electron chi connectivity index (χ1n) is 2.71. The quantitative estimate of drug-likeness (QED) is 0.642. The van der Waals surface area contributed by atoms with Gasteiger partial charge in [-0.05, 0) is 6.92 Å². The van der Waals surface area contributed by atoms with Gasteiger partial charge in [0.25, 0.3) is 10.2 Å². The van der Waals surface area contributed by atoms with E-state index in [1.165, 1.54) is 6.07 Å². The summed E-state index contributed by atoms with van der Waals surface area (Å²) in [5, 5.41) is 8.09. The van der Waals surface area contributed by atoms with E-state index in [0.29, 0.717) is 5.69 Å². The third-order valence-corrected chi connectivity index (χ3v) is 1.36.